The molecule has 1 N–H and O–H groups in total. The van der Waals surface area contributed by atoms with Gasteiger partial charge in [-0.2, -0.15) is 0 Å². The lowest BCUT2D eigenvalue weighted by Gasteiger charge is -2.24. The Morgan fingerprint density at radius 2 is 1.88 bits per heavy atom. The van der Waals surface area contributed by atoms with E-state index in [1.54, 1.807) is 0 Å². The zero-order valence-electron chi connectivity index (χ0n) is 15.5. The number of hydrogen-bond acceptors (Lipinski definition) is 3. The molecule has 1 aromatic carbocycles. The minimum Gasteiger partial charge on any atom is -0.328 e. The highest BCUT2D eigenvalue weighted by molar-refractivity contribution is 5.78. The highest BCUT2D eigenvalue weighted by atomic mass is 16.9. The van der Waals surface area contributed by atoms with Crippen molar-refractivity contribution in [3.63, 3.8) is 0 Å². The molecule has 0 spiro atoms. The summed E-state index contributed by atoms with van der Waals surface area (Å²) in [6, 6.07) is 8.99. The fraction of sp³-hybridized carbons (Fsp3) is 0.421. The Kier molecular flexibility index (Phi) is 7.36. The molecule has 2 rings (SSSR count). The third-order valence-electron chi connectivity index (χ3n) is 3.52. The maximum atomic E-state index is 8.36. The molecule has 0 fully saturated rings. The van der Waals surface area contributed by atoms with Gasteiger partial charge in [0.1, 0.15) is 0 Å². The molecule has 0 aliphatic carbocycles. The summed E-state index contributed by atoms with van der Waals surface area (Å²) in [7, 11) is 0. The third kappa shape index (κ3) is 7.65. The zero-order valence-corrected chi connectivity index (χ0v) is 15.5. The molecule has 6 nitrogen and oxygen atoms in total. The van der Waals surface area contributed by atoms with E-state index in [2.05, 4.69) is 70.1 Å². The monoisotopic (exact) mass is 345 g/mol. The quantitative estimate of drug-likeness (QED) is 0.639. The second kappa shape index (κ2) is 9.01. The Labute approximate surface area is 148 Å². The predicted molar refractivity (Wildman–Crippen MR) is 99.6 cm³/mol. The van der Waals surface area contributed by atoms with Crippen LogP contribution in [0.25, 0.3) is 11.8 Å². The van der Waals surface area contributed by atoms with Gasteiger partial charge in [0.15, 0.2) is 0 Å². The molecule has 2 aromatic rings. The summed E-state index contributed by atoms with van der Waals surface area (Å²) in [5, 5.41) is 13.6. The summed E-state index contributed by atoms with van der Waals surface area (Å²) in [5.74, 6) is 0.694. The first kappa shape index (κ1) is 20.4. The van der Waals surface area contributed by atoms with E-state index in [0.29, 0.717) is 5.92 Å². The SMILES string of the molecule is CC(C)Cc1ccc(C(=Cn2ccnc2)C(C)(C)C)cc1.O=[N+]([O-])O. The standard InChI is InChI=1S/C19H26N2.HNO3/c1-15(2)12-16-6-8-17(9-7-16)18(19(3,4)5)13-21-11-10-20-14-21;2-1(3)4/h6-11,13-15H,12H2,1-5H3;(H,2,3,4). The summed E-state index contributed by atoms with van der Waals surface area (Å²) in [6.45, 7) is 11.3. The fourth-order valence-corrected chi connectivity index (χ4v) is 2.49. The van der Waals surface area contributed by atoms with E-state index >= 15 is 0 Å². The number of aromatic nitrogens is 2. The van der Waals surface area contributed by atoms with Gasteiger partial charge in [0, 0.05) is 18.6 Å². The van der Waals surface area contributed by atoms with Crippen molar-refractivity contribution >= 4 is 11.8 Å². The second-order valence-electron chi connectivity index (χ2n) is 7.34. The van der Waals surface area contributed by atoms with Crippen molar-refractivity contribution in [2.75, 3.05) is 0 Å². The minimum absolute atomic E-state index is 0.0871. The molecule has 25 heavy (non-hydrogen) atoms. The van der Waals surface area contributed by atoms with Crippen LogP contribution >= 0.6 is 0 Å². The minimum atomic E-state index is -1.50. The summed E-state index contributed by atoms with van der Waals surface area (Å²) < 4.78 is 2.02. The molecular weight excluding hydrogens is 318 g/mol. The predicted octanol–water partition coefficient (Wildman–Crippen LogP) is 4.78. The molecule has 6 heteroatoms. The van der Waals surface area contributed by atoms with Crippen LogP contribution in [0.4, 0.5) is 0 Å². The van der Waals surface area contributed by atoms with Gasteiger partial charge in [-0.25, -0.2) is 4.98 Å². The molecular formula is C19H27N3O3. The summed E-state index contributed by atoms with van der Waals surface area (Å²) in [4.78, 5) is 12.5. The maximum absolute atomic E-state index is 8.36. The van der Waals surface area contributed by atoms with Gasteiger partial charge in [-0.05, 0) is 34.5 Å². The molecule has 0 saturated carbocycles. The van der Waals surface area contributed by atoms with Crippen molar-refractivity contribution in [3.8, 4) is 0 Å². The molecule has 136 valence electrons. The molecule has 0 atom stereocenters. The van der Waals surface area contributed by atoms with E-state index in [-0.39, 0.29) is 5.41 Å². The molecule has 0 radical (unpaired) electrons. The topological polar surface area (TPSA) is 81.2 Å². The van der Waals surface area contributed by atoms with Crippen molar-refractivity contribution in [3.05, 3.63) is 64.2 Å². The lowest BCUT2D eigenvalue weighted by Crippen LogP contribution is -2.09. The van der Waals surface area contributed by atoms with E-state index in [4.69, 9.17) is 15.3 Å². The molecule has 0 bridgehead atoms. The van der Waals surface area contributed by atoms with Gasteiger partial charge in [-0.15, -0.1) is 10.1 Å². The fourth-order valence-electron chi connectivity index (χ4n) is 2.49. The lowest BCUT2D eigenvalue weighted by molar-refractivity contribution is -0.742. The van der Waals surface area contributed by atoms with Gasteiger partial charge >= 0.3 is 0 Å². The van der Waals surface area contributed by atoms with Crippen LogP contribution in [-0.2, 0) is 6.42 Å². The van der Waals surface area contributed by atoms with Crippen LogP contribution in [0.3, 0.4) is 0 Å². The number of imidazole rings is 1. The van der Waals surface area contributed by atoms with Gasteiger partial charge in [0.25, 0.3) is 5.09 Å². The van der Waals surface area contributed by atoms with E-state index in [0.717, 1.165) is 6.42 Å². The van der Waals surface area contributed by atoms with Crippen LogP contribution in [0.1, 0.15) is 45.7 Å². The van der Waals surface area contributed by atoms with Crippen LogP contribution in [0.2, 0.25) is 0 Å². The van der Waals surface area contributed by atoms with Crippen molar-refractivity contribution in [1.29, 1.82) is 0 Å². The van der Waals surface area contributed by atoms with Crippen molar-refractivity contribution in [1.82, 2.24) is 9.55 Å². The normalized spacial score (nSPS) is 11.8. The number of hydrogen-bond donors (Lipinski definition) is 1. The van der Waals surface area contributed by atoms with Crippen LogP contribution < -0.4 is 0 Å². The first-order valence-corrected chi connectivity index (χ1v) is 8.22. The van der Waals surface area contributed by atoms with Gasteiger partial charge in [0.2, 0.25) is 0 Å². The zero-order chi connectivity index (χ0) is 19.0. The Bertz CT molecular complexity index is 678. The van der Waals surface area contributed by atoms with Crippen molar-refractivity contribution in [2.45, 2.75) is 41.0 Å². The average molecular weight is 345 g/mol. The van der Waals surface area contributed by atoms with Gasteiger partial charge in [0.05, 0.1) is 6.33 Å². The highest BCUT2D eigenvalue weighted by Crippen LogP contribution is 2.34. The molecule has 1 aromatic heterocycles. The summed E-state index contributed by atoms with van der Waals surface area (Å²) in [5.41, 5.74) is 4.09. The molecule has 0 aliphatic heterocycles. The lowest BCUT2D eigenvalue weighted by atomic mass is 9.82. The van der Waals surface area contributed by atoms with Crippen LogP contribution in [-0.4, -0.2) is 19.8 Å². The number of nitrogens with zero attached hydrogens (tertiary/aromatic N) is 3. The highest BCUT2D eigenvalue weighted by Gasteiger charge is 2.19. The van der Waals surface area contributed by atoms with E-state index in [1.807, 2.05) is 23.3 Å². The summed E-state index contributed by atoms with van der Waals surface area (Å²) >= 11 is 0. The maximum Gasteiger partial charge on any atom is 0.291 e. The smallest absolute Gasteiger partial charge is 0.291 e. The first-order chi connectivity index (χ1) is 11.6. The van der Waals surface area contributed by atoms with Gasteiger partial charge in [-0.1, -0.05) is 58.9 Å². The Morgan fingerprint density at radius 3 is 2.28 bits per heavy atom. The van der Waals surface area contributed by atoms with Crippen LogP contribution in [0.15, 0.2) is 43.0 Å². The molecule has 1 heterocycles. The largest absolute Gasteiger partial charge is 0.328 e. The van der Waals surface area contributed by atoms with Crippen LogP contribution in [0.5, 0.6) is 0 Å². The van der Waals surface area contributed by atoms with Gasteiger partial charge in [-0.3, -0.25) is 0 Å². The number of benzene rings is 1. The van der Waals surface area contributed by atoms with Crippen molar-refractivity contribution < 1.29 is 10.3 Å². The summed E-state index contributed by atoms with van der Waals surface area (Å²) in [6.07, 6.45) is 8.92. The molecule has 0 saturated heterocycles. The molecule has 0 unspecified atom stereocenters. The first-order valence-electron chi connectivity index (χ1n) is 8.22. The average Bonchev–Trinajstić information content (AvgIpc) is 2.96. The van der Waals surface area contributed by atoms with Crippen LogP contribution in [0, 0.1) is 21.4 Å². The molecule has 0 amide bonds. The Morgan fingerprint density at radius 1 is 1.32 bits per heavy atom. The number of rotatable bonds is 4. The van der Waals surface area contributed by atoms with Gasteiger partial charge < -0.3 is 9.77 Å². The van der Waals surface area contributed by atoms with E-state index in [1.165, 1.54) is 16.7 Å². The molecule has 0 aliphatic rings. The Balaban J connectivity index is 0.000000705. The van der Waals surface area contributed by atoms with E-state index < -0.39 is 5.09 Å². The third-order valence-corrected chi connectivity index (χ3v) is 3.52. The van der Waals surface area contributed by atoms with E-state index in [9.17, 15) is 0 Å². The van der Waals surface area contributed by atoms with Crippen molar-refractivity contribution in [2.24, 2.45) is 11.3 Å². The second-order valence-corrected chi connectivity index (χ2v) is 7.34. The number of allylic oxidation sites excluding steroid dienone is 1. The Hall–Kier alpha value is -2.63.